The molecule has 0 aliphatic carbocycles. The van der Waals surface area contributed by atoms with Gasteiger partial charge in [0.05, 0.1) is 0 Å². The van der Waals surface area contributed by atoms with Gasteiger partial charge in [0.2, 0.25) is 0 Å². The van der Waals surface area contributed by atoms with Crippen LogP contribution >= 0.6 is 0 Å². The minimum atomic E-state index is 0.0281. The standard InChI is InChI=1S/C6H16N4/c1-2-5(3-4-7)10-6(8)9/h5H,2-4,7H2,1H3,(H4,8,9,10). The third-order valence-corrected chi connectivity index (χ3v) is 1.37. The monoisotopic (exact) mass is 144 g/mol. The van der Waals surface area contributed by atoms with Crippen molar-refractivity contribution in [2.75, 3.05) is 6.54 Å². The van der Waals surface area contributed by atoms with E-state index in [1.807, 2.05) is 6.92 Å². The molecule has 0 aliphatic heterocycles. The number of hydrogen-bond donors (Lipinski definition) is 4. The molecule has 10 heavy (non-hydrogen) atoms. The van der Waals surface area contributed by atoms with E-state index in [0.717, 1.165) is 12.8 Å². The van der Waals surface area contributed by atoms with Gasteiger partial charge in [-0.15, -0.1) is 0 Å². The third-order valence-electron chi connectivity index (χ3n) is 1.37. The molecule has 0 bridgehead atoms. The van der Waals surface area contributed by atoms with E-state index in [0.29, 0.717) is 6.54 Å². The second-order valence-electron chi connectivity index (χ2n) is 2.24. The molecule has 0 saturated carbocycles. The first-order valence-electron chi connectivity index (χ1n) is 3.51. The quantitative estimate of drug-likeness (QED) is 0.320. The third kappa shape index (κ3) is 4.14. The van der Waals surface area contributed by atoms with Crippen molar-refractivity contribution in [3.05, 3.63) is 0 Å². The van der Waals surface area contributed by atoms with Crippen LogP contribution in [-0.4, -0.2) is 18.5 Å². The maximum Gasteiger partial charge on any atom is 0.185 e. The van der Waals surface area contributed by atoms with Crippen molar-refractivity contribution in [2.24, 2.45) is 11.5 Å². The molecule has 1 atom stereocenters. The SMILES string of the molecule is CCC(CCN)NC(=N)N. The smallest absolute Gasteiger partial charge is 0.185 e. The Morgan fingerprint density at radius 1 is 1.70 bits per heavy atom. The second kappa shape index (κ2) is 5.05. The van der Waals surface area contributed by atoms with Gasteiger partial charge in [-0.25, -0.2) is 0 Å². The van der Waals surface area contributed by atoms with Crippen LogP contribution in [0.15, 0.2) is 0 Å². The fourth-order valence-corrected chi connectivity index (χ4v) is 0.799. The fraction of sp³-hybridized carbons (Fsp3) is 0.833. The first kappa shape index (κ1) is 9.23. The summed E-state index contributed by atoms with van der Waals surface area (Å²) in [5.41, 5.74) is 10.5. The molecule has 0 aromatic heterocycles. The summed E-state index contributed by atoms with van der Waals surface area (Å²) in [6, 6.07) is 0.266. The zero-order valence-corrected chi connectivity index (χ0v) is 6.35. The molecule has 60 valence electrons. The summed E-state index contributed by atoms with van der Waals surface area (Å²) in [4.78, 5) is 0. The zero-order valence-electron chi connectivity index (χ0n) is 6.35. The van der Waals surface area contributed by atoms with E-state index in [4.69, 9.17) is 16.9 Å². The van der Waals surface area contributed by atoms with Crippen LogP contribution in [-0.2, 0) is 0 Å². The largest absolute Gasteiger partial charge is 0.370 e. The lowest BCUT2D eigenvalue weighted by atomic mass is 10.1. The van der Waals surface area contributed by atoms with E-state index in [-0.39, 0.29) is 12.0 Å². The lowest BCUT2D eigenvalue weighted by molar-refractivity contribution is 0.547. The van der Waals surface area contributed by atoms with E-state index >= 15 is 0 Å². The van der Waals surface area contributed by atoms with Crippen LogP contribution in [0.3, 0.4) is 0 Å². The maximum absolute atomic E-state index is 6.93. The summed E-state index contributed by atoms with van der Waals surface area (Å²) in [5, 5.41) is 9.74. The van der Waals surface area contributed by atoms with E-state index in [2.05, 4.69) is 5.32 Å². The number of nitrogens with one attached hydrogen (secondary N) is 2. The van der Waals surface area contributed by atoms with Gasteiger partial charge in [-0.05, 0) is 19.4 Å². The Labute approximate surface area is 61.5 Å². The molecule has 4 heteroatoms. The van der Waals surface area contributed by atoms with E-state index < -0.39 is 0 Å². The first-order chi connectivity index (χ1) is 4.70. The minimum absolute atomic E-state index is 0.0281. The molecule has 0 rings (SSSR count). The van der Waals surface area contributed by atoms with Gasteiger partial charge in [-0.2, -0.15) is 0 Å². The van der Waals surface area contributed by atoms with E-state index in [1.165, 1.54) is 0 Å². The van der Waals surface area contributed by atoms with E-state index in [1.54, 1.807) is 0 Å². The molecular weight excluding hydrogens is 128 g/mol. The first-order valence-corrected chi connectivity index (χ1v) is 3.51. The highest BCUT2D eigenvalue weighted by Crippen LogP contribution is 1.93. The predicted molar refractivity (Wildman–Crippen MR) is 42.8 cm³/mol. The van der Waals surface area contributed by atoms with Crippen LogP contribution in [0.5, 0.6) is 0 Å². The summed E-state index contributed by atoms with van der Waals surface area (Å²) in [7, 11) is 0. The minimum Gasteiger partial charge on any atom is -0.370 e. The van der Waals surface area contributed by atoms with Crippen LogP contribution in [0.25, 0.3) is 0 Å². The molecule has 4 nitrogen and oxygen atoms in total. The predicted octanol–water partition coefficient (Wildman–Crippen LogP) is -0.403. The molecule has 0 aromatic rings. The summed E-state index contributed by atoms with van der Waals surface area (Å²) in [6.07, 6.45) is 1.83. The summed E-state index contributed by atoms with van der Waals surface area (Å²) >= 11 is 0. The highest BCUT2D eigenvalue weighted by atomic mass is 15.1. The van der Waals surface area contributed by atoms with Crippen molar-refractivity contribution in [3.63, 3.8) is 0 Å². The van der Waals surface area contributed by atoms with Gasteiger partial charge in [0.1, 0.15) is 0 Å². The molecule has 0 spiro atoms. The number of hydrogen-bond acceptors (Lipinski definition) is 2. The molecule has 0 aromatic carbocycles. The molecule has 6 N–H and O–H groups in total. The average Bonchev–Trinajstić information content (AvgIpc) is 1.86. The summed E-state index contributed by atoms with van der Waals surface area (Å²) in [5.74, 6) is 0.0281. The zero-order chi connectivity index (χ0) is 7.98. The number of guanidine groups is 1. The second-order valence-corrected chi connectivity index (χ2v) is 2.24. The van der Waals surface area contributed by atoms with Gasteiger partial charge in [0.15, 0.2) is 5.96 Å². The lowest BCUT2D eigenvalue weighted by Crippen LogP contribution is -2.39. The average molecular weight is 144 g/mol. The summed E-state index contributed by atoms with van der Waals surface area (Å²) in [6.45, 7) is 2.68. The Kier molecular flexibility index (Phi) is 4.66. The van der Waals surface area contributed by atoms with Crippen LogP contribution in [0.4, 0.5) is 0 Å². The van der Waals surface area contributed by atoms with Gasteiger partial charge in [0.25, 0.3) is 0 Å². The van der Waals surface area contributed by atoms with Crippen molar-refractivity contribution in [1.82, 2.24) is 5.32 Å². The van der Waals surface area contributed by atoms with Crippen molar-refractivity contribution < 1.29 is 0 Å². The van der Waals surface area contributed by atoms with Gasteiger partial charge in [-0.1, -0.05) is 6.92 Å². The van der Waals surface area contributed by atoms with Gasteiger partial charge in [-0.3, -0.25) is 5.41 Å². The molecule has 0 fully saturated rings. The number of nitrogens with two attached hydrogens (primary N) is 2. The molecule has 0 saturated heterocycles. The molecule has 0 radical (unpaired) electrons. The van der Waals surface area contributed by atoms with Gasteiger partial charge >= 0.3 is 0 Å². The molecular formula is C6H16N4. The van der Waals surface area contributed by atoms with Crippen molar-refractivity contribution in [2.45, 2.75) is 25.8 Å². The van der Waals surface area contributed by atoms with Crippen molar-refractivity contribution >= 4 is 5.96 Å². The van der Waals surface area contributed by atoms with Crippen LogP contribution in [0.2, 0.25) is 0 Å². The Morgan fingerprint density at radius 3 is 2.60 bits per heavy atom. The Bertz CT molecular complexity index is 102. The van der Waals surface area contributed by atoms with Crippen molar-refractivity contribution in [3.8, 4) is 0 Å². The molecule has 1 unspecified atom stereocenters. The Balaban J connectivity index is 3.49. The molecule has 0 heterocycles. The van der Waals surface area contributed by atoms with Gasteiger partial charge < -0.3 is 16.8 Å². The summed E-state index contributed by atoms with van der Waals surface area (Å²) < 4.78 is 0. The highest BCUT2D eigenvalue weighted by molar-refractivity contribution is 5.74. The maximum atomic E-state index is 6.93. The lowest BCUT2D eigenvalue weighted by Gasteiger charge is -2.14. The fourth-order valence-electron chi connectivity index (χ4n) is 0.799. The van der Waals surface area contributed by atoms with Crippen LogP contribution in [0, 0.1) is 5.41 Å². The topological polar surface area (TPSA) is 87.9 Å². The van der Waals surface area contributed by atoms with Crippen molar-refractivity contribution in [1.29, 1.82) is 5.41 Å². The molecule has 0 aliphatic rings. The highest BCUT2D eigenvalue weighted by Gasteiger charge is 2.02. The van der Waals surface area contributed by atoms with Crippen LogP contribution < -0.4 is 16.8 Å². The Morgan fingerprint density at radius 2 is 2.30 bits per heavy atom. The van der Waals surface area contributed by atoms with Gasteiger partial charge in [0, 0.05) is 6.04 Å². The normalized spacial score (nSPS) is 12.6. The molecule has 0 amide bonds. The van der Waals surface area contributed by atoms with Crippen LogP contribution in [0.1, 0.15) is 19.8 Å². The Hall–Kier alpha value is -0.770. The van der Waals surface area contributed by atoms with E-state index in [9.17, 15) is 0 Å². The number of rotatable bonds is 4.